The number of thioether (sulfide) groups is 2. The van der Waals surface area contributed by atoms with E-state index in [-0.39, 0.29) is 47.5 Å². The molecule has 0 aliphatic rings. The number of halogens is 2. The van der Waals surface area contributed by atoms with Gasteiger partial charge in [-0.2, -0.15) is 0 Å². The van der Waals surface area contributed by atoms with Crippen molar-refractivity contribution in [3.8, 4) is 0 Å². The molecule has 2 aromatic carbocycles. The Labute approximate surface area is 171 Å². The van der Waals surface area contributed by atoms with Crippen LogP contribution in [0.3, 0.4) is 0 Å². The second kappa shape index (κ2) is 11.7. The van der Waals surface area contributed by atoms with Crippen molar-refractivity contribution in [2.24, 2.45) is 0 Å². The molecule has 0 fully saturated rings. The third-order valence-electron chi connectivity index (χ3n) is 3.79. The summed E-state index contributed by atoms with van der Waals surface area (Å²) in [6, 6.07) is 12.3. The highest BCUT2D eigenvalue weighted by molar-refractivity contribution is 8.00. The van der Waals surface area contributed by atoms with E-state index >= 15 is 0 Å². The number of carbonyl (C=O) groups excluding carboxylic acids is 2. The van der Waals surface area contributed by atoms with E-state index in [1.54, 1.807) is 36.4 Å². The van der Waals surface area contributed by atoms with Gasteiger partial charge in [0.25, 0.3) is 0 Å². The molecule has 2 amide bonds. The second-order valence-electron chi connectivity index (χ2n) is 5.91. The minimum Gasteiger partial charge on any atom is -0.353 e. The fraction of sp³-hybridized carbons (Fsp3) is 0.300. The van der Waals surface area contributed by atoms with Gasteiger partial charge in [0.05, 0.1) is 11.5 Å². The van der Waals surface area contributed by atoms with Gasteiger partial charge in [0.2, 0.25) is 11.8 Å². The van der Waals surface area contributed by atoms with Gasteiger partial charge in [-0.3, -0.25) is 9.59 Å². The zero-order valence-corrected chi connectivity index (χ0v) is 17.0. The zero-order valence-electron chi connectivity index (χ0n) is 15.4. The molecule has 2 rings (SSSR count). The number of amides is 2. The van der Waals surface area contributed by atoms with E-state index in [1.807, 2.05) is 6.92 Å². The topological polar surface area (TPSA) is 58.2 Å². The molecule has 1 unspecified atom stereocenters. The van der Waals surface area contributed by atoms with Crippen molar-refractivity contribution < 1.29 is 18.4 Å². The summed E-state index contributed by atoms with van der Waals surface area (Å²) in [5.41, 5.74) is 0. The molecule has 0 saturated heterocycles. The molecule has 2 aromatic rings. The third kappa shape index (κ3) is 7.52. The van der Waals surface area contributed by atoms with Crippen LogP contribution in [0, 0.1) is 11.6 Å². The average molecular weight is 425 g/mol. The summed E-state index contributed by atoms with van der Waals surface area (Å²) in [6.07, 6.45) is 0.636. The quantitative estimate of drug-likeness (QED) is 0.569. The van der Waals surface area contributed by atoms with Crippen LogP contribution in [0.1, 0.15) is 13.3 Å². The molecule has 0 spiro atoms. The van der Waals surface area contributed by atoms with Crippen LogP contribution in [0.15, 0.2) is 58.3 Å². The van der Waals surface area contributed by atoms with Gasteiger partial charge in [-0.25, -0.2) is 8.78 Å². The van der Waals surface area contributed by atoms with Crippen LogP contribution in [-0.4, -0.2) is 35.9 Å². The lowest BCUT2D eigenvalue weighted by molar-refractivity contribution is -0.121. The van der Waals surface area contributed by atoms with E-state index in [1.165, 1.54) is 12.1 Å². The van der Waals surface area contributed by atoms with Crippen molar-refractivity contribution in [1.82, 2.24) is 10.6 Å². The van der Waals surface area contributed by atoms with Crippen molar-refractivity contribution in [2.75, 3.05) is 18.1 Å². The lowest BCUT2D eigenvalue weighted by Crippen LogP contribution is -2.44. The van der Waals surface area contributed by atoms with Crippen LogP contribution < -0.4 is 10.6 Å². The van der Waals surface area contributed by atoms with Crippen LogP contribution in [-0.2, 0) is 9.59 Å². The minimum absolute atomic E-state index is 0.0917. The summed E-state index contributed by atoms with van der Waals surface area (Å²) >= 11 is 2.25. The normalized spacial score (nSPS) is 11.7. The van der Waals surface area contributed by atoms with E-state index in [0.29, 0.717) is 16.2 Å². The first-order chi connectivity index (χ1) is 13.5. The summed E-state index contributed by atoms with van der Waals surface area (Å²) in [7, 11) is 0. The molecule has 0 saturated carbocycles. The van der Waals surface area contributed by atoms with Crippen molar-refractivity contribution in [1.29, 1.82) is 0 Å². The van der Waals surface area contributed by atoms with E-state index < -0.39 is 0 Å². The van der Waals surface area contributed by atoms with Gasteiger partial charge >= 0.3 is 0 Å². The molecule has 0 aliphatic carbocycles. The number of nitrogens with one attached hydrogen (secondary N) is 2. The van der Waals surface area contributed by atoms with Crippen LogP contribution in [0.25, 0.3) is 0 Å². The molecular weight excluding hydrogens is 402 g/mol. The molecule has 0 heterocycles. The molecule has 150 valence electrons. The van der Waals surface area contributed by atoms with E-state index in [2.05, 4.69) is 10.6 Å². The predicted molar refractivity (Wildman–Crippen MR) is 109 cm³/mol. The molecular formula is C20H22F2N2O2S2. The van der Waals surface area contributed by atoms with Crippen LogP contribution >= 0.6 is 23.5 Å². The van der Waals surface area contributed by atoms with Gasteiger partial charge in [-0.1, -0.05) is 31.2 Å². The van der Waals surface area contributed by atoms with Gasteiger partial charge < -0.3 is 10.6 Å². The lowest BCUT2D eigenvalue weighted by Gasteiger charge is -2.17. The summed E-state index contributed by atoms with van der Waals surface area (Å²) < 4.78 is 27.1. The van der Waals surface area contributed by atoms with E-state index in [4.69, 9.17) is 0 Å². The van der Waals surface area contributed by atoms with Crippen LogP contribution in [0.5, 0.6) is 0 Å². The molecule has 4 nitrogen and oxygen atoms in total. The Hall–Kier alpha value is -2.06. The highest BCUT2D eigenvalue weighted by Crippen LogP contribution is 2.21. The van der Waals surface area contributed by atoms with Gasteiger partial charge in [0, 0.05) is 22.4 Å². The summed E-state index contributed by atoms with van der Waals surface area (Å²) in [5.74, 6) is -0.988. The largest absolute Gasteiger partial charge is 0.353 e. The van der Waals surface area contributed by atoms with Gasteiger partial charge in [-0.15, -0.1) is 23.5 Å². The monoisotopic (exact) mass is 424 g/mol. The maximum Gasteiger partial charge on any atom is 0.230 e. The fourth-order valence-electron chi connectivity index (χ4n) is 2.27. The predicted octanol–water partition coefficient (Wildman–Crippen LogP) is 3.86. The van der Waals surface area contributed by atoms with Crippen LogP contribution in [0.4, 0.5) is 8.78 Å². The Bertz CT molecular complexity index is 805. The lowest BCUT2D eigenvalue weighted by atomic mass is 10.2. The fourth-order valence-corrected chi connectivity index (χ4v) is 3.79. The summed E-state index contributed by atoms with van der Waals surface area (Å²) in [5, 5.41) is 5.58. The molecule has 2 N–H and O–H groups in total. The number of rotatable bonds is 10. The Balaban J connectivity index is 1.71. The van der Waals surface area contributed by atoms with Gasteiger partial charge in [-0.05, 0) is 30.7 Å². The molecule has 8 heteroatoms. The number of hydrogen-bond donors (Lipinski definition) is 2. The highest BCUT2D eigenvalue weighted by atomic mass is 32.2. The Morgan fingerprint density at radius 1 is 0.893 bits per heavy atom. The van der Waals surface area contributed by atoms with Crippen molar-refractivity contribution in [3.05, 3.63) is 60.2 Å². The molecule has 0 radical (unpaired) electrons. The maximum atomic E-state index is 13.6. The Morgan fingerprint density at radius 3 is 1.89 bits per heavy atom. The average Bonchev–Trinajstić information content (AvgIpc) is 2.69. The number of hydrogen-bond acceptors (Lipinski definition) is 4. The number of benzene rings is 2. The van der Waals surface area contributed by atoms with Crippen molar-refractivity contribution >= 4 is 35.3 Å². The minimum atomic E-state index is -0.355. The smallest absolute Gasteiger partial charge is 0.230 e. The molecule has 0 aliphatic heterocycles. The molecule has 28 heavy (non-hydrogen) atoms. The maximum absolute atomic E-state index is 13.6. The van der Waals surface area contributed by atoms with Crippen molar-refractivity contribution in [3.63, 3.8) is 0 Å². The van der Waals surface area contributed by atoms with Crippen molar-refractivity contribution in [2.45, 2.75) is 29.2 Å². The van der Waals surface area contributed by atoms with E-state index in [0.717, 1.165) is 23.5 Å². The van der Waals surface area contributed by atoms with E-state index in [9.17, 15) is 18.4 Å². The van der Waals surface area contributed by atoms with Gasteiger partial charge in [0.15, 0.2) is 0 Å². The first-order valence-corrected chi connectivity index (χ1v) is 10.8. The molecule has 1 atom stereocenters. The van der Waals surface area contributed by atoms with Gasteiger partial charge in [0.1, 0.15) is 11.6 Å². The summed E-state index contributed by atoms with van der Waals surface area (Å²) in [4.78, 5) is 24.9. The Morgan fingerprint density at radius 2 is 1.39 bits per heavy atom. The second-order valence-corrected chi connectivity index (χ2v) is 7.95. The number of carbonyl (C=O) groups is 2. The first-order valence-electron chi connectivity index (χ1n) is 8.80. The SMILES string of the molecule is CCC(CNC(=O)CSc1ccccc1F)NC(=O)CSc1ccccc1F. The Kier molecular flexibility index (Phi) is 9.30. The zero-order chi connectivity index (χ0) is 20.4. The summed E-state index contributed by atoms with van der Waals surface area (Å²) in [6.45, 7) is 2.18. The van der Waals surface area contributed by atoms with Crippen LogP contribution in [0.2, 0.25) is 0 Å². The molecule has 0 bridgehead atoms. The molecule has 0 aromatic heterocycles. The first kappa shape index (κ1) is 22.2. The third-order valence-corrected chi connectivity index (χ3v) is 5.89. The standard InChI is InChI=1S/C20H22F2N2O2S2/c1-2-14(24-20(26)13-28-18-10-6-4-8-16(18)22)11-23-19(25)12-27-17-9-5-3-7-15(17)21/h3-10,14H,2,11-13H2,1H3,(H,23,25)(H,24,26). The highest BCUT2D eigenvalue weighted by Gasteiger charge is 2.13.